The van der Waals surface area contributed by atoms with E-state index in [-0.39, 0.29) is 5.91 Å². The summed E-state index contributed by atoms with van der Waals surface area (Å²) < 4.78 is 30.6. The fraction of sp³-hybridized carbons (Fsp3) is 0.765. The van der Waals surface area contributed by atoms with Gasteiger partial charge in [0.15, 0.2) is 0 Å². The van der Waals surface area contributed by atoms with Crippen LogP contribution in [0.25, 0.3) is 0 Å². The topological polar surface area (TPSA) is 78.8 Å². The van der Waals surface area contributed by atoms with Gasteiger partial charge in [-0.15, -0.1) is 0 Å². The predicted molar refractivity (Wildman–Crippen MR) is 99.1 cm³/mol. The molecule has 2 fully saturated rings. The first kappa shape index (κ1) is 19.3. The van der Waals surface area contributed by atoms with E-state index in [2.05, 4.69) is 5.10 Å². The first-order valence-corrected chi connectivity index (χ1v) is 10.8. The maximum absolute atomic E-state index is 12.9. The highest BCUT2D eigenvalue weighted by Crippen LogP contribution is 2.20. The average Bonchev–Trinajstić information content (AvgIpc) is 2.82. The van der Waals surface area contributed by atoms with Crippen LogP contribution in [0.1, 0.15) is 47.4 Å². The summed E-state index contributed by atoms with van der Waals surface area (Å²) in [5.41, 5.74) is 2.19. The Balaban J connectivity index is 1.66. The van der Waals surface area contributed by atoms with Gasteiger partial charge in [-0.3, -0.25) is 9.48 Å². The van der Waals surface area contributed by atoms with Crippen LogP contribution in [0.3, 0.4) is 0 Å². The fourth-order valence-corrected chi connectivity index (χ4v) is 5.47. The number of rotatable bonds is 3. The number of amides is 1. The molecule has 2 aliphatic rings. The highest BCUT2D eigenvalue weighted by atomic mass is 32.2. The number of hydrogen-bond acceptors (Lipinski definition) is 4. The van der Waals surface area contributed by atoms with Crippen molar-refractivity contribution in [2.45, 2.75) is 39.5 Å². The van der Waals surface area contributed by atoms with Crippen molar-refractivity contribution in [3.8, 4) is 0 Å². The van der Waals surface area contributed by atoms with E-state index in [1.54, 1.807) is 13.9 Å². The van der Waals surface area contributed by atoms with Crippen molar-refractivity contribution in [3.63, 3.8) is 0 Å². The number of carbonyl (C=O) groups is 1. The Kier molecular flexibility index (Phi) is 5.69. The number of piperazine rings is 1. The number of aryl methyl sites for hydroxylation is 2. The third-order valence-corrected chi connectivity index (χ3v) is 7.50. The molecule has 0 unspecified atom stereocenters. The van der Waals surface area contributed by atoms with Crippen molar-refractivity contribution >= 4 is 16.1 Å². The van der Waals surface area contributed by atoms with Crippen molar-refractivity contribution in [2.75, 3.05) is 39.3 Å². The Labute approximate surface area is 155 Å². The molecular formula is C17H29N5O3S. The largest absolute Gasteiger partial charge is 0.336 e. The van der Waals surface area contributed by atoms with Gasteiger partial charge in [-0.25, -0.2) is 0 Å². The summed E-state index contributed by atoms with van der Waals surface area (Å²) in [6, 6.07) is 0. The Hall–Kier alpha value is -1.45. The van der Waals surface area contributed by atoms with Gasteiger partial charge in [-0.05, 0) is 26.7 Å². The van der Waals surface area contributed by atoms with Crippen LogP contribution in [0.2, 0.25) is 0 Å². The van der Waals surface area contributed by atoms with Crippen molar-refractivity contribution < 1.29 is 13.2 Å². The fourth-order valence-electron chi connectivity index (χ4n) is 3.80. The highest BCUT2D eigenvalue weighted by molar-refractivity contribution is 7.86. The normalized spacial score (nSPS) is 21.0. The molecule has 0 radical (unpaired) electrons. The molecule has 9 heteroatoms. The minimum atomic E-state index is -3.42. The van der Waals surface area contributed by atoms with Crippen molar-refractivity contribution in [1.29, 1.82) is 0 Å². The number of aromatic nitrogens is 2. The molecule has 1 aromatic rings. The summed E-state index contributed by atoms with van der Waals surface area (Å²) in [5, 5.41) is 4.31. The first-order valence-electron chi connectivity index (χ1n) is 9.37. The summed E-state index contributed by atoms with van der Waals surface area (Å²) >= 11 is 0. The Morgan fingerprint density at radius 1 is 0.885 bits per heavy atom. The molecule has 1 amide bonds. The van der Waals surface area contributed by atoms with Crippen LogP contribution in [-0.2, 0) is 17.3 Å². The molecule has 8 nitrogen and oxygen atoms in total. The van der Waals surface area contributed by atoms with E-state index in [1.165, 1.54) is 4.31 Å². The summed E-state index contributed by atoms with van der Waals surface area (Å²) in [6.07, 6.45) is 4.05. The van der Waals surface area contributed by atoms with Gasteiger partial charge in [0.25, 0.3) is 16.1 Å². The molecule has 3 rings (SSSR count). The van der Waals surface area contributed by atoms with E-state index in [0.717, 1.165) is 37.1 Å². The van der Waals surface area contributed by atoms with Gasteiger partial charge >= 0.3 is 0 Å². The van der Waals surface area contributed by atoms with Gasteiger partial charge in [0.2, 0.25) is 0 Å². The molecule has 0 spiro atoms. The van der Waals surface area contributed by atoms with Crippen LogP contribution in [-0.4, -0.2) is 76.9 Å². The Bertz CT molecular complexity index is 758. The van der Waals surface area contributed by atoms with Gasteiger partial charge in [-0.1, -0.05) is 12.8 Å². The van der Waals surface area contributed by atoms with Crippen molar-refractivity contribution in [2.24, 2.45) is 7.05 Å². The molecule has 146 valence electrons. The van der Waals surface area contributed by atoms with E-state index in [1.807, 2.05) is 20.9 Å². The van der Waals surface area contributed by atoms with Crippen LogP contribution in [0.5, 0.6) is 0 Å². The summed E-state index contributed by atoms with van der Waals surface area (Å²) in [6.45, 7) is 6.46. The third-order valence-electron chi connectivity index (χ3n) is 5.47. The predicted octanol–water partition coefficient (Wildman–Crippen LogP) is 0.916. The average molecular weight is 384 g/mol. The minimum Gasteiger partial charge on any atom is -0.336 e. The van der Waals surface area contributed by atoms with Crippen molar-refractivity contribution in [1.82, 2.24) is 23.3 Å². The van der Waals surface area contributed by atoms with Gasteiger partial charge in [-0.2, -0.15) is 22.1 Å². The van der Waals surface area contributed by atoms with Crippen LogP contribution >= 0.6 is 0 Å². The Morgan fingerprint density at radius 2 is 1.42 bits per heavy atom. The maximum Gasteiger partial charge on any atom is 0.282 e. The lowest BCUT2D eigenvalue weighted by atomic mass is 10.1. The zero-order valence-corrected chi connectivity index (χ0v) is 16.8. The van der Waals surface area contributed by atoms with Gasteiger partial charge in [0, 0.05) is 52.0 Å². The molecule has 1 aromatic heterocycles. The van der Waals surface area contributed by atoms with Gasteiger partial charge in [0.1, 0.15) is 0 Å². The lowest BCUT2D eigenvalue weighted by molar-refractivity contribution is 0.0692. The monoisotopic (exact) mass is 383 g/mol. The summed E-state index contributed by atoms with van der Waals surface area (Å²) in [5.74, 6) is -0.0556. The number of carbonyl (C=O) groups excluding carboxylic acids is 1. The van der Waals surface area contributed by atoms with Gasteiger partial charge in [0.05, 0.1) is 11.3 Å². The number of nitrogens with zero attached hydrogens (tertiary/aromatic N) is 5. The molecule has 2 saturated heterocycles. The molecule has 2 aliphatic heterocycles. The first-order chi connectivity index (χ1) is 12.3. The van der Waals surface area contributed by atoms with E-state index < -0.39 is 10.2 Å². The number of hydrogen-bond donors (Lipinski definition) is 0. The summed E-state index contributed by atoms with van der Waals surface area (Å²) in [7, 11) is -1.60. The second kappa shape index (κ2) is 7.66. The van der Waals surface area contributed by atoms with Crippen LogP contribution in [0, 0.1) is 13.8 Å². The molecule has 0 saturated carbocycles. The molecular weight excluding hydrogens is 354 g/mol. The quantitative estimate of drug-likeness (QED) is 0.777. The molecule has 3 heterocycles. The van der Waals surface area contributed by atoms with E-state index in [9.17, 15) is 13.2 Å². The standard InChI is InChI=1S/C17H29N5O3S/c1-14-16(15(2)19(3)18-14)17(23)20-10-12-22(13-11-20)26(24,25)21-8-6-4-5-7-9-21/h4-13H2,1-3H3. The molecule has 0 atom stereocenters. The lowest BCUT2D eigenvalue weighted by Gasteiger charge is -2.36. The van der Waals surface area contributed by atoms with Crippen LogP contribution in [0.4, 0.5) is 0 Å². The maximum atomic E-state index is 12.9. The third kappa shape index (κ3) is 3.65. The molecule has 26 heavy (non-hydrogen) atoms. The van der Waals surface area contributed by atoms with E-state index >= 15 is 0 Å². The summed E-state index contributed by atoms with van der Waals surface area (Å²) in [4.78, 5) is 14.6. The van der Waals surface area contributed by atoms with Crippen LogP contribution in [0.15, 0.2) is 0 Å². The van der Waals surface area contributed by atoms with Crippen LogP contribution < -0.4 is 0 Å². The van der Waals surface area contributed by atoms with Crippen molar-refractivity contribution in [3.05, 3.63) is 17.0 Å². The molecule has 0 aliphatic carbocycles. The second-order valence-corrected chi connectivity index (χ2v) is 9.11. The molecule has 0 bridgehead atoms. The van der Waals surface area contributed by atoms with E-state index in [0.29, 0.717) is 44.8 Å². The van der Waals surface area contributed by atoms with Gasteiger partial charge < -0.3 is 4.90 Å². The smallest absolute Gasteiger partial charge is 0.282 e. The molecule has 0 aromatic carbocycles. The Morgan fingerprint density at radius 3 is 1.92 bits per heavy atom. The second-order valence-electron chi connectivity index (χ2n) is 7.18. The zero-order valence-electron chi connectivity index (χ0n) is 15.9. The minimum absolute atomic E-state index is 0.0556. The highest BCUT2D eigenvalue weighted by Gasteiger charge is 2.34. The SMILES string of the molecule is Cc1nn(C)c(C)c1C(=O)N1CCN(S(=O)(=O)N2CCCCCC2)CC1. The lowest BCUT2D eigenvalue weighted by Crippen LogP contribution is -2.54. The zero-order chi connectivity index (χ0) is 18.9. The molecule has 0 N–H and O–H groups in total. The van der Waals surface area contributed by atoms with E-state index in [4.69, 9.17) is 0 Å².